The summed E-state index contributed by atoms with van der Waals surface area (Å²) in [6.45, 7) is 5.93. The molecule has 2 aromatic carbocycles. The minimum absolute atomic E-state index is 0.0162. The highest BCUT2D eigenvalue weighted by Gasteiger charge is 2.46. The smallest absolute Gasteiger partial charge is 0.300 e. The van der Waals surface area contributed by atoms with E-state index in [4.69, 9.17) is 4.74 Å². The zero-order valence-corrected chi connectivity index (χ0v) is 18.9. The number of carbonyl (C=O) groups excluding carboxylic acids is 2. The number of aryl methyl sites for hydroxylation is 1. The third kappa shape index (κ3) is 4.37. The summed E-state index contributed by atoms with van der Waals surface area (Å²) >= 11 is 0. The van der Waals surface area contributed by atoms with E-state index in [9.17, 15) is 14.7 Å². The summed E-state index contributed by atoms with van der Waals surface area (Å²) in [6.07, 6.45) is 3.95. The lowest BCUT2D eigenvalue weighted by molar-refractivity contribution is -0.132. The molecule has 1 fully saturated rings. The van der Waals surface area contributed by atoms with E-state index in [0.717, 1.165) is 17.5 Å². The van der Waals surface area contributed by atoms with E-state index in [1.165, 1.54) is 17.3 Å². The molecule has 6 nitrogen and oxygen atoms in total. The second-order valence-corrected chi connectivity index (χ2v) is 8.16. The number of carbonyl (C=O) groups is 2. The Morgan fingerprint density at radius 2 is 1.64 bits per heavy atom. The number of nitrogens with zero attached hydrogens (tertiary/aromatic N) is 2. The fourth-order valence-electron chi connectivity index (χ4n) is 3.97. The Hall–Kier alpha value is -3.93. The highest BCUT2D eigenvalue weighted by Crippen LogP contribution is 2.42. The summed E-state index contributed by atoms with van der Waals surface area (Å²) in [5.74, 6) is -0.961. The summed E-state index contributed by atoms with van der Waals surface area (Å²) in [5.41, 5.74) is 2.91. The van der Waals surface area contributed by atoms with Crippen molar-refractivity contribution in [2.24, 2.45) is 0 Å². The van der Waals surface area contributed by atoms with Crippen LogP contribution < -0.4 is 9.64 Å². The average molecular weight is 443 g/mol. The molecule has 1 saturated heterocycles. The summed E-state index contributed by atoms with van der Waals surface area (Å²) < 4.78 is 5.71. The van der Waals surface area contributed by atoms with Gasteiger partial charge in [0.2, 0.25) is 0 Å². The van der Waals surface area contributed by atoms with Crippen molar-refractivity contribution >= 4 is 23.1 Å². The van der Waals surface area contributed by atoms with Gasteiger partial charge in [0.15, 0.2) is 0 Å². The van der Waals surface area contributed by atoms with E-state index in [-0.39, 0.29) is 17.4 Å². The molecule has 0 saturated carbocycles. The topological polar surface area (TPSA) is 79.7 Å². The SMILES string of the molecule is CCc1ccc(C2/C(=C(/O)c3ccncc3)C(=O)C(=O)N2c2ccc(OC(C)C)cc2)cc1. The van der Waals surface area contributed by atoms with E-state index in [2.05, 4.69) is 11.9 Å². The fourth-order valence-corrected chi connectivity index (χ4v) is 3.97. The van der Waals surface area contributed by atoms with Crippen LogP contribution in [0.2, 0.25) is 0 Å². The van der Waals surface area contributed by atoms with Gasteiger partial charge in [-0.15, -0.1) is 0 Å². The number of rotatable bonds is 6. The molecule has 33 heavy (non-hydrogen) atoms. The van der Waals surface area contributed by atoms with Crippen LogP contribution in [0.1, 0.15) is 43.5 Å². The van der Waals surface area contributed by atoms with E-state index in [1.807, 2.05) is 38.1 Å². The predicted molar refractivity (Wildman–Crippen MR) is 127 cm³/mol. The van der Waals surface area contributed by atoms with Crippen molar-refractivity contribution in [1.82, 2.24) is 4.98 Å². The largest absolute Gasteiger partial charge is 0.507 e. The number of pyridine rings is 1. The van der Waals surface area contributed by atoms with Crippen molar-refractivity contribution in [3.8, 4) is 5.75 Å². The van der Waals surface area contributed by atoms with Gasteiger partial charge < -0.3 is 9.84 Å². The Bertz CT molecular complexity index is 1180. The Labute approximate surface area is 193 Å². The number of aliphatic hydroxyl groups excluding tert-OH is 1. The zero-order valence-electron chi connectivity index (χ0n) is 18.9. The summed E-state index contributed by atoms with van der Waals surface area (Å²) in [6, 6.07) is 17.3. The van der Waals surface area contributed by atoms with Gasteiger partial charge in [-0.1, -0.05) is 31.2 Å². The zero-order chi connectivity index (χ0) is 23.5. The van der Waals surface area contributed by atoms with E-state index in [0.29, 0.717) is 17.0 Å². The van der Waals surface area contributed by atoms with Crippen LogP contribution in [0.15, 0.2) is 78.6 Å². The molecule has 168 valence electrons. The van der Waals surface area contributed by atoms with Gasteiger partial charge in [0.1, 0.15) is 11.5 Å². The molecular weight excluding hydrogens is 416 g/mol. The first-order valence-corrected chi connectivity index (χ1v) is 11.0. The first kappa shape index (κ1) is 22.3. The van der Waals surface area contributed by atoms with Crippen molar-refractivity contribution < 1.29 is 19.4 Å². The average Bonchev–Trinajstić information content (AvgIpc) is 3.10. The molecule has 1 atom stereocenters. The third-order valence-corrected chi connectivity index (χ3v) is 5.59. The number of anilines is 1. The van der Waals surface area contributed by atoms with Crippen LogP contribution in [-0.2, 0) is 16.0 Å². The quantitative estimate of drug-likeness (QED) is 0.328. The molecule has 1 aromatic heterocycles. The number of amides is 1. The normalized spacial score (nSPS) is 17.6. The van der Waals surface area contributed by atoms with Crippen molar-refractivity contribution in [3.05, 3.63) is 95.3 Å². The lowest BCUT2D eigenvalue weighted by Gasteiger charge is -2.26. The molecule has 1 aliphatic heterocycles. The van der Waals surface area contributed by atoms with Crippen LogP contribution in [0.5, 0.6) is 5.75 Å². The van der Waals surface area contributed by atoms with Gasteiger partial charge in [0.05, 0.1) is 17.7 Å². The molecular formula is C27H26N2O4. The third-order valence-electron chi connectivity index (χ3n) is 5.59. The second-order valence-electron chi connectivity index (χ2n) is 8.16. The highest BCUT2D eigenvalue weighted by molar-refractivity contribution is 6.51. The van der Waals surface area contributed by atoms with Crippen molar-refractivity contribution in [2.75, 3.05) is 4.90 Å². The molecule has 0 spiro atoms. The fraction of sp³-hybridized carbons (Fsp3) is 0.222. The first-order valence-electron chi connectivity index (χ1n) is 11.0. The van der Waals surface area contributed by atoms with Crippen LogP contribution in [0, 0.1) is 0 Å². The van der Waals surface area contributed by atoms with Crippen LogP contribution >= 0.6 is 0 Å². The Kier molecular flexibility index (Phi) is 6.27. The summed E-state index contributed by atoms with van der Waals surface area (Å²) in [7, 11) is 0. The molecule has 1 unspecified atom stereocenters. The molecule has 6 heteroatoms. The van der Waals surface area contributed by atoms with Crippen LogP contribution in [-0.4, -0.2) is 27.9 Å². The Balaban J connectivity index is 1.85. The molecule has 1 amide bonds. The minimum Gasteiger partial charge on any atom is -0.507 e. The summed E-state index contributed by atoms with van der Waals surface area (Å²) in [5, 5.41) is 11.1. The summed E-state index contributed by atoms with van der Waals surface area (Å²) in [4.78, 5) is 31.8. The minimum atomic E-state index is -0.763. The van der Waals surface area contributed by atoms with Gasteiger partial charge >= 0.3 is 0 Å². The van der Waals surface area contributed by atoms with Gasteiger partial charge in [-0.3, -0.25) is 19.5 Å². The van der Waals surface area contributed by atoms with Crippen molar-refractivity contribution in [1.29, 1.82) is 0 Å². The molecule has 1 N–H and O–H groups in total. The maximum absolute atomic E-state index is 13.2. The number of aliphatic hydroxyl groups is 1. The Morgan fingerprint density at radius 1 is 1.00 bits per heavy atom. The van der Waals surface area contributed by atoms with Gasteiger partial charge in [0, 0.05) is 23.6 Å². The standard InChI is InChI=1S/C27H26N2O4/c1-4-18-5-7-19(8-6-18)24-23(25(30)20-13-15-28-16-14-20)26(31)27(32)29(24)21-9-11-22(12-10-21)33-17(2)3/h5-17,24,30H,4H2,1-3H3/b25-23-. The van der Waals surface area contributed by atoms with Crippen molar-refractivity contribution in [2.45, 2.75) is 39.3 Å². The number of Topliss-reactive ketones (excluding diaryl/α,β-unsaturated/α-hetero) is 1. The van der Waals surface area contributed by atoms with Crippen LogP contribution in [0.4, 0.5) is 5.69 Å². The number of ether oxygens (including phenoxy) is 1. The maximum Gasteiger partial charge on any atom is 0.300 e. The molecule has 3 aromatic rings. The van der Waals surface area contributed by atoms with Gasteiger partial charge in [0.25, 0.3) is 11.7 Å². The van der Waals surface area contributed by atoms with Crippen LogP contribution in [0.3, 0.4) is 0 Å². The van der Waals surface area contributed by atoms with Gasteiger partial charge in [-0.2, -0.15) is 0 Å². The number of benzene rings is 2. The van der Waals surface area contributed by atoms with E-state index < -0.39 is 17.7 Å². The van der Waals surface area contributed by atoms with Crippen molar-refractivity contribution in [3.63, 3.8) is 0 Å². The van der Waals surface area contributed by atoms with E-state index in [1.54, 1.807) is 36.4 Å². The molecule has 0 bridgehead atoms. The van der Waals surface area contributed by atoms with Gasteiger partial charge in [-0.05, 0) is 67.8 Å². The number of ketones is 1. The lowest BCUT2D eigenvalue weighted by atomic mass is 9.94. The Morgan fingerprint density at radius 3 is 2.21 bits per heavy atom. The number of hydrogen-bond donors (Lipinski definition) is 1. The predicted octanol–water partition coefficient (Wildman–Crippen LogP) is 5.06. The molecule has 1 aliphatic rings. The number of aromatic nitrogens is 1. The molecule has 0 radical (unpaired) electrons. The first-order chi connectivity index (χ1) is 15.9. The van der Waals surface area contributed by atoms with Crippen LogP contribution in [0.25, 0.3) is 5.76 Å². The molecule has 0 aliphatic carbocycles. The number of hydrogen-bond acceptors (Lipinski definition) is 5. The molecule has 2 heterocycles. The van der Waals surface area contributed by atoms with E-state index >= 15 is 0 Å². The van der Waals surface area contributed by atoms with Gasteiger partial charge in [-0.25, -0.2) is 0 Å². The second kappa shape index (κ2) is 9.28. The lowest BCUT2D eigenvalue weighted by Crippen LogP contribution is -2.29. The highest BCUT2D eigenvalue weighted by atomic mass is 16.5. The monoisotopic (exact) mass is 442 g/mol. The molecule has 4 rings (SSSR count). The maximum atomic E-state index is 13.2.